The Morgan fingerprint density at radius 1 is 1.53 bits per heavy atom. The zero-order valence-electron chi connectivity index (χ0n) is 10.6. The van der Waals surface area contributed by atoms with Crippen molar-refractivity contribution in [1.29, 1.82) is 0 Å². The molecule has 0 aromatic heterocycles. The molecule has 1 rings (SSSR count). The maximum absolute atomic E-state index is 5.73. The minimum atomic E-state index is 0.272. The molecular weight excluding hydrogens is 232 g/mol. The van der Waals surface area contributed by atoms with Gasteiger partial charge >= 0.3 is 0 Å². The van der Waals surface area contributed by atoms with Crippen LogP contribution in [0, 0.1) is 6.92 Å². The molecular formula is C13H20N2OS. The Balaban J connectivity index is 2.99. The Labute approximate surface area is 108 Å². The van der Waals surface area contributed by atoms with Crippen LogP contribution in [0.1, 0.15) is 24.5 Å². The first-order chi connectivity index (χ1) is 8.10. The fourth-order valence-electron chi connectivity index (χ4n) is 1.73. The highest BCUT2D eigenvalue weighted by Gasteiger charge is 2.12. The third-order valence-electron chi connectivity index (χ3n) is 2.75. The van der Waals surface area contributed by atoms with Crippen molar-refractivity contribution in [1.82, 2.24) is 0 Å². The van der Waals surface area contributed by atoms with Gasteiger partial charge in [0.25, 0.3) is 0 Å². The summed E-state index contributed by atoms with van der Waals surface area (Å²) in [6, 6.07) is 6.22. The summed E-state index contributed by atoms with van der Waals surface area (Å²) in [5.74, 6) is 0. The number of nitrogens with two attached hydrogens (primary N) is 1. The number of para-hydroxylation sites is 1. The molecule has 0 spiro atoms. The van der Waals surface area contributed by atoms with Gasteiger partial charge in [0.2, 0.25) is 0 Å². The van der Waals surface area contributed by atoms with Crippen molar-refractivity contribution in [2.75, 3.05) is 19.0 Å². The standard InChI is InChI=1S/C13H20N2OS/c1-4-10(8-16-3)15-12-9(2)6-5-7-11(12)13(14)17/h5-7,10,15H,4,8H2,1-3H3,(H2,14,17). The van der Waals surface area contributed by atoms with Gasteiger partial charge in [-0.3, -0.25) is 0 Å². The Bertz CT molecular complexity index is 393. The minimum absolute atomic E-state index is 0.272. The first kappa shape index (κ1) is 13.9. The number of aryl methyl sites for hydroxylation is 1. The van der Waals surface area contributed by atoms with Crippen molar-refractivity contribution < 1.29 is 4.74 Å². The van der Waals surface area contributed by atoms with Crippen LogP contribution in [0.2, 0.25) is 0 Å². The van der Waals surface area contributed by atoms with Crippen LogP contribution in [-0.4, -0.2) is 24.7 Å². The average molecular weight is 252 g/mol. The lowest BCUT2D eigenvalue weighted by Gasteiger charge is -2.21. The van der Waals surface area contributed by atoms with Crippen molar-refractivity contribution in [3.8, 4) is 0 Å². The van der Waals surface area contributed by atoms with Crippen molar-refractivity contribution in [3.05, 3.63) is 29.3 Å². The van der Waals surface area contributed by atoms with E-state index in [4.69, 9.17) is 22.7 Å². The summed E-state index contributed by atoms with van der Waals surface area (Å²) < 4.78 is 5.18. The number of nitrogens with one attached hydrogen (secondary N) is 1. The highest BCUT2D eigenvalue weighted by Crippen LogP contribution is 2.22. The quantitative estimate of drug-likeness (QED) is 0.764. The van der Waals surface area contributed by atoms with Gasteiger partial charge in [0, 0.05) is 24.4 Å². The predicted molar refractivity (Wildman–Crippen MR) is 76.6 cm³/mol. The van der Waals surface area contributed by atoms with Crippen LogP contribution in [0.3, 0.4) is 0 Å². The highest BCUT2D eigenvalue weighted by molar-refractivity contribution is 7.80. The van der Waals surface area contributed by atoms with Crippen molar-refractivity contribution in [3.63, 3.8) is 0 Å². The number of benzene rings is 1. The smallest absolute Gasteiger partial charge is 0.106 e. The van der Waals surface area contributed by atoms with Crippen LogP contribution in [0.25, 0.3) is 0 Å². The Kier molecular flexibility index (Phi) is 5.38. The number of methoxy groups -OCH3 is 1. The van der Waals surface area contributed by atoms with Gasteiger partial charge in [-0.1, -0.05) is 31.3 Å². The first-order valence-electron chi connectivity index (χ1n) is 5.75. The lowest BCUT2D eigenvalue weighted by atomic mass is 10.1. The maximum Gasteiger partial charge on any atom is 0.106 e. The van der Waals surface area contributed by atoms with Crippen LogP contribution >= 0.6 is 12.2 Å². The molecule has 0 amide bonds. The second-order valence-corrected chi connectivity index (χ2v) is 4.51. The summed E-state index contributed by atoms with van der Waals surface area (Å²) in [4.78, 5) is 0.420. The third-order valence-corrected chi connectivity index (χ3v) is 2.97. The largest absolute Gasteiger partial charge is 0.389 e. The van der Waals surface area contributed by atoms with Crippen molar-refractivity contribution >= 4 is 22.9 Å². The predicted octanol–water partition coefficient (Wildman–Crippen LogP) is 2.47. The van der Waals surface area contributed by atoms with Crippen LogP contribution in [-0.2, 0) is 4.74 Å². The molecule has 0 aliphatic carbocycles. The van der Waals surface area contributed by atoms with Crippen LogP contribution < -0.4 is 11.1 Å². The van der Waals surface area contributed by atoms with Crippen LogP contribution in [0.15, 0.2) is 18.2 Å². The van der Waals surface area contributed by atoms with Gasteiger partial charge in [-0.2, -0.15) is 0 Å². The van der Waals surface area contributed by atoms with E-state index >= 15 is 0 Å². The summed E-state index contributed by atoms with van der Waals surface area (Å²) in [5.41, 5.74) is 8.79. The van der Waals surface area contributed by atoms with Crippen LogP contribution in [0.4, 0.5) is 5.69 Å². The average Bonchev–Trinajstić information content (AvgIpc) is 2.30. The maximum atomic E-state index is 5.73. The molecule has 0 bridgehead atoms. The Morgan fingerprint density at radius 2 is 2.24 bits per heavy atom. The number of anilines is 1. The van der Waals surface area contributed by atoms with Crippen molar-refractivity contribution in [2.24, 2.45) is 5.73 Å². The molecule has 3 N–H and O–H groups in total. The summed E-state index contributed by atoms with van der Waals surface area (Å²) in [6.45, 7) is 4.83. The Hall–Kier alpha value is -1.13. The summed E-state index contributed by atoms with van der Waals surface area (Å²) in [5, 5.41) is 3.46. The Morgan fingerprint density at radius 3 is 2.76 bits per heavy atom. The SMILES string of the molecule is CCC(COC)Nc1c(C)cccc1C(N)=S. The topological polar surface area (TPSA) is 47.3 Å². The molecule has 1 unspecified atom stereocenters. The van der Waals surface area contributed by atoms with E-state index in [1.165, 1.54) is 0 Å². The number of hydrogen-bond acceptors (Lipinski definition) is 3. The van der Waals surface area contributed by atoms with Gasteiger partial charge < -0.3 is 15.8 Å². The molecule has 0 saturated carbocycles. The van der Waals surface area contributed by atoms with Gasteiger partial charge in [0.1, 0.15) is 4.99 Å². The van der Waals surface area contributed by atoms with Gasteiger partial charge in [0.05, 0.1) is 6.61 Å². The van der Waals surface area contributed by atoms with E-state index in [1.54, 1.807) is 7.11 Å². The molecule has 1 atom stereocenters. The van der Waals surface area contributed by atoms with E-state index in [2.05, 4.69) is 12.2 Å². The van der Waals surface area contributed by atoms with Gasteiger partial charge in [-0.25, -0.2) is 0 Å². The molecule has 1 aromatic carbocycles. The number of thiocarbonyl (C=S) groups is 1. The molecule has 0 radical (unpaired) electrons. The second-order valence-electron chi connectivity index (χ2n) is 4.07. The molecule has 0 aliphatic heterocycles. The van der Waals surface area contributed by atoms with E-state index in [1.807, 2.05) is 25.1 Å². The lowest BCUT2D eigenvalue weighted by molar-refractivity contribution is 0.184. The lowest BCUT2D eigenvalue weighted by Crippen LogP contribution is -2.26. The molecule has 17 heavy (non-hydrogen) atoms. The number of rotatable bonds is 6. The molecule has 0 aliphatic rings. The number of ether oxygens (including phenoxy) is 1. The summed E-state index contributed by atoms with van der Waals surface area (Å²) in [6.07, 6.45) is 0.985. The first-order valence-corrected chi connectivity index (χ1v) is 6.15. The normalized spacial score (nSPS) is 12.2. The molecule has 0 heterocycles. The summed E-state index contributed by atoms with van der Waals surface area (Å²) in [7, 11) is 1.71. The van der Waals surface area contributed by atoms with E-state index in [9.17, 15) is 0 Å². The van der Waals surface area contributed by atoms with Gasteiger partial charge in [-0.05, 0) is 25.0 Å². The van der Waals surface area contributed by atoms with Gasteiger partial charge in [0.15, 0.2) is 0 Å². The van der Waals surface area contributed by atoms with E-state index in [0.29, 0.717) is 11.6 Å². The van der Waals surface area contributed by atoms with Crippen LogP contribution in [0.5, 0.6) is 0 Å². The van der Waals surface area contributed by atoms with Crippen molar-refractivity contribution in [2.45, 2.75) is 26.3 Å². The summed E-state index contributed by atoms with van der Waals surface area (Å²) >= 11 is 5.07. The van der Waals surface area contributed by atoms with E-state index in [0.717, 1.165) is 23.2 Å². The fourth-order valence-corrected chi connectivity index (χ4v) is 1.90. The molecule has 3 nitrogen and oxygen atoms in total. The van der Waals surface area contributed by atoms with Gasteiger partial charge in [-0.15, -0.1) is 0 Å². The number of hydrogen-bond donors (Lipinski definition) is 2. The molecule has 1 aromatic rings. The molecule has 4 heteroatoms. The third kappa shape index (κ3) is 3.68. The minimum Gasteiger partial charge on any atom is -0.389 e. The zero-order valence-corrected chi connectivity index (χ0v) is 11.4. The van der Waals surface area contributed by atoms with E-state index < -0.39 is 0 Å². The monoisotopic (exact) mass is 252 g/mol. The van der Waals surface area contributed by atoms with E-state index in [-0.39, 0.29) is 6.04 Å². The highest BCUT2D eigenvalue weighted by atomic mass is 32.1. The molecule has 94 valence electrons. The zero-order chi connectivity index (χ0) is 12.8. The fraction of sp³-hybridized carbons (Fsp3) is 0.462. The second kappa shape index (κ2) is 6.57. The molecule has 0 fully saturated rings. The molecule has 0 saturated heterocycles.